The van der Waals surface area contributed by atoms with Gasteiger partial charge in [-0.2, -0.15) is 0 Å². The molecule has 0 radical (unpaired) electrons. The molecule has 0 saturated carbocycles. The zero-order valence-corrected chi connectivity index (χ0v) is 28.2. The number of amides is 3. The summed E-state index contributed by atoms with van der Waals surface area (Å²) in [4.78, 5) is 44.4. The predicted molar refractivity (Wildman–Crippen MR) is 168 cm³/mol. The number of alkyl carbamates (subject to hydrolysis) is 2. The molecule has 17 heteroatoms. The number of nitrogens with zero attached hydrogens (tertiary/aromatic N) is 1. The van der Waals surface area contributed by atoms with E-state index in [1.54, 1.807) is 27.8 Å². The topological polar surface area (TPSA) is 145 Å². The zero-order chi connectivity index (χ0) is 32.2. The van der Waals surface area contributed by atoms with E-state index in [4.69, 9.17) is 55.9 Å². The highest BCUT2D eigenvalue weighted by Crippen LogP contribution is 2.07. The van der Waals surface area contributed by atoms with Crippen molar-refractivity contribution in [3.63, 3.8) is 0 Å². The Kier molecular flexibility index (Phi) is 38.1. The molecule has 0 rings (SSSR count). The van der Waals surface area contributed by atoms with E-state index in [1.165, 1.54) is 4.90 Å². The van der Waals surface area contributed by atoms with Gasteiger partial charge in [0.05, 0.1) is 5.34 Å². The first kappa shape index (κ1) is 49.4. The maximum atomic E-state index is 11.3. The van der Waals surface area contributed by atoms with Crippen LogP contribution in [-0.2, 0) is 18.9 Å². The molecule has 0 aliphatic rings. The maximum absolute atomic E-state index is 11.3. The van der Waals surface area contributed by atoms with Crippen molar-refractivity contribution in [2.75, 3.05) is 57.7 Å². The first-order valence-corrected chi connectivity index (χ1v) is 14.4. The second-order valence-electron chi connectivity index (χ2n) is 9.20. The van der Waals surface area contributed by atoms with Gasteiger partial charge in [-0.3, -0.25) is 0 Å². The Morgan fingerprint density at radius 1 is 0.732 bits per heavy atom. The van der Waals surface area contributed by atoms with E-state index in [1.807, 2.05) is 27.8 Å². The molecular formula is C24H49Cl5N4O8. The molecule has 12 nitrogen and oxygen atoms in total. The van der Waals surface area contributed by atoms with Gasteiger partial charge in [-0.15, -0.1) is 23.2 Å². The molecule has 0 unspecified atom stereocenters. The molecule has 0 saturated heterocycles. The van der Waals surface area contributed by atoms with Crippen LogP contribution < -0.4 is 16.0 Å². The second kappa shape index (κ2) is 31.6. The van der Waals surface area contributed by atoms with E-state index in [9.17, 15) is 19.2 Å². The predicted octanol–water partition coefficient (Wildman–Crippen LogP) is 6.90. The van der Waals surface area contributed by atoms with Crippen molar-refractivity contribution in [1.29, 1.82) is 0 Å². The molecule has 0 aromatic rings. The van der Waals surface area contributed by atoms with Crippen LogP contribution >= 0.6 is 58.0 Å². The maximum Gasteiger partial charge on any atom is 0.410 e. The smallest absolute Gasteiger partial charge is 0.410 e. The molecule has 0 aliphatic heterocycles. The Morgan fingerprint density at radius 3 is 1.41 bits per heavy atom. The van der Waals surface area contributed by atoms with Crippen LogP contribution in [0.3, 0.4) is 0 Å². The number of carbonyl (C=O) groups excluding carboxylic acids is 4. The zero-order valence-electron chi connectivity index (χ0n) is 24.5. The van der Waals surface area contributed by atoms with Crippen LogP contribution in [0, 0.1) is 0 Å². The number of hydrogen-bond acceptors (Lipinski definition) is 9. The van der Waals surface area contributed by atoms with Crippen LogP contribution in [-0.4, -0.2) is 97.6 Å². The van der Waals surface area contributed by atoms with E-state index < -0.39 is 28.8 Å². The van der Waals surface area contributed by atoms with Gasteiger partial charge in [0, 0.05) is 38.3 Å². The fourth-order valence-corrected chi connectivity index (χ4v) is 2.18. The summed E-state index contributed by atoms with van der Waals surface area (Å²) in [6, 6.07) is -0.346. The first-order valence-electron chi connectivity index (χ1n) is 11.9. The van der Waals surface area contributed by atoms with Crippen LogP contribution in [0.2, 0.25) is 0 Å². The van der Waals surface area contributed by atoms with Gasteiger partial charge >= 0.3 is 23.7 Å². The SMILES string of the molecule is C.CN(CCCNC(=O)OC(C)(C)C)C(=O)OCCl.CNCCCNC(=O)OC(C)(C)C.ClCCl.O=C(Cl)OCCl. The average Bonchev–Trinajstić information content (AvgIpc) is 2.78. The van der Waals surface area contributed by atoms with Gasteiger partial charge in [0.15, 0.2) is 12.1 Å². The van der Waals surface area contributed by atoms with Gasteiger partial charge in [0.1, 0.15) is 11.2 Å². The van der Waals surface area contributed by atoms with Crippen LogP contribution in [0.25, 0.3) is 0 Å². The van der Waals surface area contributed by atoms with E-state index in [2.05, 4.69) is 37.0 Å². The monoisotopic (exact) mass is 696 g/mol. The molecule has 3 amide bonds. The number of alkyl halides is 4. The summed E-state index contributed by atoms with van der Waals surface area (Å²) in [5.41, 5.74) is -1.79. The molecule has 0 aromatic heterocycles. The Morgan fingerprint density at radius 2 is 1.12 bits per heavy atom. The molecule has 3 N–H and O–H groups in total. The molecule has 0 heterocycles. The molecule has 41 heavy (non-hydrogen) atoms. The third-order valence-corrected chi connectivity index (χ3v) is 3.60. The Labute approximate surface area is 270 Å². The fraction of sp³-hybridized carbons (Fsp3) is 0.833. The third-order valence-electron chi connectivity index (χ3n) is 3.27. The molecule has 248 valence electrons. The molecule has 0 atom stereocenters. The van der Waals surface area contributed by atoms with Crippen LogP contribution in [0.4, 0.5) is 19.2 Å². The number of carbonyl (C=O) groups is 4. The fourth-order valence-electron chi connectivity index (χ4n) is 1.88. The minimum absolute atomic E-state index is 0. The number of halogens is 5. The van der Waals surface area contributed by atoms with E-state index in [0.717, 1.165) is 13.0 Å². The number of nitrogens with one attached hydrogen (secondary N) is 3. The summed E-state index contributed by atoms with van der Waals surface area (Å²) in [6.45, 7) is 13.4. The van der Waals surface area contributed by atoms with Gasteiger partial charge in [-0.25, -0.2) is 19.2 Å². The van der Waals surface area contributed by atoms with Crippen molar-refractivity contribution in [2.24, 2.45) is 0 Å². The minimum atomic E-state index is -0.870. The molecule has 0 fully saturated rings. The Balaban J connectivity index is -0.000000164. The highest BCUT2D eigenvalue weighted by molar-refractivity contribution is 6.61. The number of ether oxygens (including phenoxy) is 4. The summed E-state index contributed by atoms with van der Waals surface area (Å²) in [6.07, 6.45) is 0.224. The molecule has 0 aliphatic carbocycles. The number of rotatable bonds is 10. The summed E-state index contributed by atoms with van der Waals surface area (Å²) in [5.74, 6) is 0. The number of hydrogen-bond donors (Lipinski definition) is 3. The van der Waals surface area contributed by atoms with E-state index in [-0.39, 0.29) is 31.0 Å². The summed E-state index contributed by atoms with van der Waals surface area (Å²) >= 11 is 24.3. The Hall–Kier alpha value is -1.31. The molecule has 0 bridgehead atoms. The lowest BCUT2D eigenvalue weighted by Crippen LogP contribution is -2.35. The molecule has 0 aromatic carbocycles. The van der Waals surface area contributed by atoms with Crippen LogP contribution in [0.1, 0.15) is 61.8 Å². The normalized spacial score (nSPS) is 9.78. The average molecular weight is 699 g/mol. The second-order valence-corrected chi connectivity index (χ2v) is 10.8. The summed E-state index contributed by atoms with van der Waals surface area (Å²) < 4.78 is 18.6. The standard InChI is InChI=1S/C11H21ClN2O4.C9H20N2O2.C2H2Cl2O2.CH2Cl2.CH4/c1-11(2,3)18-9(15)13-6-5-7-14(4)10(16)17-8-12;1-9(2,3)13-8(12)11-7-5-6-10-4;3-1-6-2(4)5;2-1-3;/h5-8H2,1-4H3,(H,13,15);10H,5-7H2,1-4H3,(H,11,12);1H2;1H2;1H4. The summed E-state index contributed by atoms with van der Waals surface area (Å²) in [5, 5.41) is 8.46. The highest BCUT2D eigenvalue weighted by atomic mass is 35.5. The van der Waals surface area contributed by atoms with Gasteiger partial charge in [-0.05, 0) is 68.0 Å². The lowest BCUT2D eigenvalue weighted by molar-refractivity contribution is 0.0515. The minimum Gasteiger partial charge on any atom is -0.444 e. The molecule has 0 spiro atoms. The van der Waals surface area contributed by atoms with Gasteiger partial charge < -0.3 is 39.8 Å². The third kappa shape index (κ3) is 51.9. The van der Waals surface area contributed by atoms with Gasteiger partial charge in [0.2, 0.25) is 0 Å². The quantitative estimate of drug-likeness (QED) is 0.0960. The van der Waals surface area contributed by atoms with E-state index in [0.29, 0.717) is 26.1 Å². The van der Waals surface area contributed by atoms with Crippen molar-refractivity contribution < 1.29 is 38.1 Å². The largest absolute Gasteiger partial charge is 0.444 e. The lowest BCUT2D eigenvalue weighted by atomic mass is 10.2. The van der Waals surface area contributed by atoms with Gasteiger partial charge in [-0.1, -0.05) is 30.6 Å². The van der Waals surface area contributed by atoms with Crippen LogP contribution in [0.5, 0.6) is 0 Å². The highest BCUT2D eigenvalue weighted by Gasteiger charge is 2.16. The summed E-state index contributed by atoms with van der Waals surface area (Å²) in [7, 11) is 3.48. The Bertz CT molecular complexity index is 667. The lowest BCUT2D eigenvalue weighted by Gasteiger charge is -2.20. The van der Waals surface area contributed by atoms with Crippen molar-refractivity contribution in [2.45, 2.75) is 73.0 Å². The van der Waals surface area contributed by atoms with Crippen molar-refractivity contribution >= 4 is 81.7 Å². The van der Waals surface area contributed by atoms with Gasteiger partial charge in [0.25, 0.3) is 0 Å². The van der Waals surface area contributed by atoms with Crippen molar-refractivity contribution in [3.05, 3.63) is 0 Å². The van der Waals surface area contributed by atoms with E-state index >= 15 is 0 Å². The molecular weight excluding hydrogens is 650 g/mol. The first-order chi connectivity index (χ1) is 18.4. The van der Waals surface area contributed by atoms with Crippen molar-refractivity contribution in [1.82, 2.24) is 20.9 Å². The van der Waals surface area contributed by atoms with Crippen LogP contribution in [0.15, 0.2) is 0 Å². The van der Waals surface area contributed by atoms with Crippen molar-refractivity contribution in [3.8, 4) is 0 Å².